The van der Waals surface area contributed by atoms with Crippen LogP contribution < -0.4 is 5.56 Å². The fraction of sp³-hybridized carbons (Fsp3) is 0.227. The molecule has 152 valence electrons. The number of hydrogen-bond acceptors (Lipinski definition) is 5. The fourth-order valence-corrected chi connectivity index (χ4v) is 5.46. The Morgan fingerprint density at radius 1 is 1.13 bits per heavy atom. The second-order valence-electron chi connectivity index (χ2n) is 7.16. The van der Waals surface area contributed by atoms with Crippen LogP contribution in [-0.2, 0) is 17.1 Å². The Bertz CT molecular complexity index is 1240. The summed E-state index contributed by atoms with van der Waals surface area (Å²) >= 11 is 2.94. The van der Waals surface area contributed by atoms with Gasteiger partial charge in [0, 0.05) is 48.4 Å². The summed E-state index contributed by atoms with van der Waals surface area (Å²) in [6, 6.07) is 15.8. The number of thiazole rings is 1. The first-order valence-corrected chi connectivity index (χ1v) is 11.8. The first kappa shape index (κ1) is 19.1. The SMILES string of the molecule is O=C(CSCc1cc(=O)n2ccsc2n1)N1CCn2cccc2C1c1ccccc1. The Morgan fingerprint density at radius 2 is 2.00 bits per heavy atom. The highest BCUT2D eigenvalue weighted by Gasteiger charge is 2.31. The van der Waals surface area contributed by atoms with E-state index in [1.54, 1.807) is 12.3 Å². The minimum absolute atomic E-state index is 0.0757. The Kier molecular flexibility index (Phi) is 5.18. The van der Waals surface area contributed by atoms with E-state index in [1.807, 2.05) is 34.5 Å². The lowest BCUT2D eigenvalue weighted by Gasteiger charge is -2.37. The molecule has 1 aromatic carbocycles. The van der Waals surface area contributed by atoms with Gasteiger partial charge in [0.2, 0.25) is 5.91 Å². The molecule has 0 fully saturated rings. The van der Waals surface area contributed by atoms with Crippen molar-refractivity contribution in [1.29, 1.82) is 0 Å². The monoisotopic (exact) mass is 436 g/mol. The van der Waals surface area contributed by atoms with Gasteiger partial charge in [0.05, 0.1) is 17.5 Å². The molecule has 6 nitrogen and oxygen atoms in total. The summed E-state index contributed by atoms with van der Waals surface area (Å²) in [5.74, 6) is 1.00. The molecule has 4 aromatic rings. The quantitative estimate of drug-likeness (QED) is 0.481. The van der Waals surface area contributed by atoms with Gasteiger partial charge in [-0.3, -0.25) is 14.0 Å². The van der Waals surface area contributed by atoms with E-state index in [0.29, 0.717) is 28.7 Å². The third-order valence-electron chi connectivity index (χ3n) is 5.31. The highest BCUT2D eigenvalue weighted by molar-refractivity contribution is 7.99. The molecule has 0 aliphatic carbocycles. The number of amides is 1. The molecule has 5 rings (SSSR count). The van der Waals surface area contributed by atoms with Crippen LogP contribution in [0.1, 0.15) is 23.0 Å². The smallest absolute Gasteiger partial charge is 0.258 e. The first-order chi connectivity index (χ1) is 14.7. The second kappa shape index (κ2) is 8.12. The van der Waals surface area contributed by atoms with Crippen LogP contribution in [0.25, 0.3) is 4.96 Å². The van der Waals surface area contributed by atoms with Crippen molar-refractivity contribution < 1.29 is 4.79 Å². The van der Waals surface area contributed by atoms with Crippen molar-refractivity contribution in [3.8, 4) is 0 Å². The van der Waals surface area contributed by atoms with Crippen molar-refractivity contribution in [2.75, 3.05) is 12.3 Å². The van der Waals surface area contributed by atoms with Gasteiger partial charge in [0.25, 0.3) is 5.56 Å². The molecule has 0 N–H and O–H groups in total. The van der Waals surface area contributed by atoms with Gasteiger partial charge in [0.15, 0.2) is 4.96 Å². The number of carbonyl (C=O) groups excluding carboxylic acids is 1. The average molecular weight is 437 g/mol. The zero-order valence-electron chi connectivity index (χ0n) is 16.2. The summed E-state index contributed by atoms with van der Waals surface area (Å²) in [4.78, 5) is 32.5. The molecule has 3 aromatic heterocycles. The number of aromatic nitrogens is 3. The minimum atomic E-state index is -0.0795. The Morgan fingerprint density at radius 3 is 2.87 bits per heavy atom. The van der Waals surface area contributed by atoms with Crippen molar-refractivity contribution in [2.45, 2.75) is 18.3 Å². The second-order valence-corrected chi connectivity index (χ2v) is 9.02. The Hall–Kier alpha value is -2.84. The summed E-state index contributed by atoms with van der Waals surface area (Å²) in [6.45, 7) is 1.48. The van der Waals surface area contributed by atoms with E-state index >= 15 is 0 Å². The highest BCUT2D eigenvalue weighted by atomic mass is 32.2. The van der Waals surface area contributed by atoms with Crippen molar-refractivity contribution in [3.05, 3.63) is 93.6 Å². The maximum atomic E-state index is 13.2. The van der Waals surface area contributed by atoms with E-state index in [2.05, 4.69) is 33.9 Å². The molecule has 1 aliphatic rings. The first-order valence-electron chi connectivity index (χ1n) is 9.74. The molecule has 8 heteroatoms. The zero-order valence-corrected chi connectivity index (χ0v) is 17.8. The molecular formula is C22H20N4O2S2. The van der Waals surface area contributed by atoms with E-state index in [1.165, 1.54) is 27.5 Å². The third kappa shape index (κ3) is 3.57. The lowest BCUT2D eigenvalue weighted by atomic mass is 10.00. The maximum absolute atomic E-state index is 13.2. The van der Waals surface area contributed by atoms with Crippen LogP contribution in [-0.4, -0.2) is 37.1 Å². The summed E-state index contributed by atoms with van der Waals surface area (Å²) in [6.07, 6.45) is 3.80. The van der Waals surface area contributed by atoms with Crippen LogP contribution in [0.4, 0.5) is 0 Å². The average Bonchev–Trinajstić information content (AvgIpc) is 3.43. The van der Waals surface area contributed by atoms with Gasteiger partial charge < -0.3 is 9.47 Å². The lowest BCUT2D eigenvalue weighted by molar-refractivity contribution is -0.131. The van der Waals surface area contributed by atoms with Gasteiger partial charge in [-0.15, -0.1) is 23.1 Å². The summed E-state index contributed by atoms with van der Waals surface area (Å²) in [5.41, 5.74) is 2.90. The molecule has 0 spiro atoms. The molecule has 0 saturated heterocycles. The van der Waals surface area contributed by atoms with Gasteiger partial charge in [-0.2, -0.15) is 0 Å². The summed E-state index contributed by atoms with van der Waals surface area (Å²) in [5, 5.41) is 1.85. The molecule has 0 saturated carbocycles. The number of rotatable bonds is 5. The van der Waals surface area contributed by atoms with E-state index in [-0.39, 0.29) is 17.5 Å². The molecular weight excluding hydrogens is 416 g/mol. The normalized spacial score (nSPS) is 16.0. The van der Waals surface area contributed by atoms with Crippen LogP contribution >= 0.6 is 23.1 Å². The van der Waals surface area contributed by atoms with E-state index in [0.717, 1.165) is 17.8 Å². The molecule has 0 radical (unpaired) electrons. The van der Waals surface area contributed by atoms with E-state index < -0.39 is 0 Å². The highest BCUT2D eigenvalue weighted by Crippen LogP contribution is 2.32. The number of nitrogens with zero attached hydrogens (tertiary/aromatic N) is 4. The molecule has 1 atom stereocenters. The number of thioether (sulfide) groups is 1. The van der Waals surface area contributed by atoms with Gasteiger partial charge in [0.1, 0.15) is 0 Å². The fourth-order valence-electron chi connectivity index (χ4n) is 3.93. The topological polar surface area (TPSA) is 59.6 Å². The predicted molar refractivity (Wildman–Crippen MR) is 120 cm³/mol. The third-order valence-corrected chi connectivity index (χ3v) is 7.01. The number of fused-ring (bicyclic) bond motifs is 2. The molecule has 0 bridgehead atoms. The van der Waals surface area contributed by atoms with Crippen LogP contribution in [0.5, 0.6) is 0 Å². The van der Waals surface area contributed by atoms with Crippen LogP contribution in [0.3, 0.4) is 0 Å². The Labute approximate surface area is 181 Å². The van der Waals surface area contributed by atoms with Crippen molar-refractivity contribution in [2.24, 2.45) is 0 Å². The molecule has 1 unspecified atom stereocenters. The maximum Gasteiger partial charge on any atom is 0.258 e. The van der Waals surface area contributed by atoms with E-state index in [9.17, 15) is 9.59 Å². The number of carbonyl (C=O) groups is 1. The van der Waals surface area contributed by atoms with Gasteiger partial charge in [-0.1, -0.05) is 30.3 Å². The summed E-state index contributed by atoms with van der Waals surface area (Å²) < 4.78 is 3.76. The molecule has 1 amide bonds. The standard InChI is InChI=1S/C22H20N4O2S2/c27-19-13-17(23-22-26(19)11-12-30-22)14-29-15-20(28)25-10-9-24-8-4-7-18(24)21(25)16-5-2-1-3-6-16/h1-8,11-13,21H,9-10,14-15H2. The largest absolute Gasteiger partial charge is 0.348 e. The number of hydrogen-bond donors (Lipinski definition) is 0. The van der Waals surface area contributed by atoms with Crippen molar-refractivity contribution >= 4 is 34.0 Å². The minimum Gasteiger partial charge on any atom is -0.348 e. The molecule has 30 heavy (non-hydrogen) atoms. The number of benzene rings is 1. The van der Waals surface area contributed by atoms with Crippen molar-refractivity contribution in [1.82, 2.24) is 18.9 Å². The van der Waals surface area contributed by atoms with E-state index in [4.69, 9.17) is 0 Å². The van der Waals surface area contributed by atoms with Crippen molar-refractivity contribution in [3.63, 3.8) is 0 Å². The summed E-state index contributed by atoms with van der Waals surface area (Å²) in [7, 11) is 0. The van der Waals surface area contributed by atoms with Gasteiger partial charge in [-0.05, 0) is 17.7 Å². The van der Waals surface area contributed by atoms with Crippen LogP contribution in [0.15, 0.2) is 71.1 Å². The molecule has 1 aliphatic heterocycles. The Balaban J connectivity index is 1.31. The predicted octanol–water partition coefficient (Wildman–Crippen LogP) is 3.42. The van der Waals surface area contributed by atoms with Gasteiger partial charge >= 0.3 is 0 Å². The van der Waals surface area contributed by atoms with Gasteiger partial charge in [-0.25, -0.2) is 4.98 Å². The zero-order chi connectivity index (χ0) is 20.5. The molecule has 4 heterocycles. The van der Waals surface area contributed by atoms with Crippen LogP contribution in [0.2, 0.25) is 0 Å². The van der Waals surface area contributed by atoms with Crippen LogP contribution in [0, 0.1) is 0 Å². The lowest BCUT2D eigenvalue weighted by Crippen LogP contribution is -2.43.